The first-order chi connectivity index (χ1) is 5.51. The zero-order chi connectivity index (χ0) is 8.98. The third-order valence-electron chi connectivity index (χ3n) is 2.89. The minimum atomic E-state index is -1.22. The Labute approximate surface area is 70.6 Å². The van der Waals surface area contributed by atoms with Gasteiger partial charge in [-0.2, -0.15) is 0 Å². The molecule has 0 saturated carbocycles. The maximum atomic E-state index is 9.49. The number of nitrogens with two attached hydrogens (primary N) is 2. The second-order valence-electron chi connectivity index (χ2n) is 3.63. The van der Waals surface area contributed by atoms with Crippen LogP contribution in [0.5, 0.6) is 0 Å². The molecule has 2 rings (SSSR count). The number of ether oxygens (including phenoxy) is 2. The van der Waals surface area contributed by atoms with Crippen LogP contribution in [0.2, 0.25) is 0 Å². The Bertz CT molecular complexity index is 191. The van der Waals surface area contributed by atoms with E-state index in [2.05, 4.69) is 0 Å². The lowest BCUT2D eigenvalue weighted by molar-refractivity contribution is -0.112. The SMILES string of the molecule is CC1CO[C@]2(N)C(O)CO[C@]12N. The van der Waals surface area contributed by atoms with Gasteiger partial charge in [-0.3, -0.25) is 11.5 Å². The van der Waals surface area contributed by atoms with Crippen molar-refractivity contribution in [2.75, 3.05) is 13.2 Å². The van der Waals surface area contributed by atoms with E-state index < -0.39 is 17.6 Å². The van der Waals surface area contributed by atoms with E-state index in [0.29, 0.717) is 6.61 Å². The summed E-state index contributed by atoms with van der Waals surface area (Å²) in [6.45, 7) is 2.48. The predicted octanol–water partition coefficient (Wildman–Crippen LogP) is -1.65. The Morgan fingerprint density at radius 3 is 2.42 bits per heavy atom. The molecule has 5 nitrogen and oxygen atoms in total. The van der Waals surface area contributed by atoms with Crippen LogP contribution in [0.15, 0.2) is 0 Å². The Morgan fingerprint density at radius 2 is 1.83 bits per heavy atom. The van der Waals surface area contributed by atoms with E-state index in [1.807, 2.05) is 6.92 Å². The molecule has 2 aliphatic rings. The van der Waals surface area contributed by atoms with Crippen molar-refractivity contribution in [3.05, 3.63) is 0 Å². The van der Waals surface area contributed by atoms with Crippen molar-refractivity contribution in [2.45, 2.75) is 24.5 Å². The van der Waals surface area contributed by atoms with Gasteiger partial charge in [0.05, 0.1) is 13.2 Å². The largest absolute Gasteiger partial charge is 0.386 e. The molecule has 4 atom stereocenters. The highest BCUT2D eigenvalue weighted by Gasteiger charge is 2.65. The van der Waals surface area contributed by atoms with Gasteiger partial charge in [-0.05, 0) is 0 Å². The van der Waals surface area contributed by atoms with Crippen LogP contribution >= 0.6 is 0 Å². The van der Waals surface area contributed by atoms with E-state index in [0.717, 1.165) is 0 Å². The smallest absolute Gasteiger partial charge is 0.187 e. The van der Waals surface area contributed by atoms with Gasteiger partial charge in [0.1, 0.15) is 6.10 Å². The van der Waals surface area contributed by atoms with Crippen LogP contribution in [0.1, 0.15) is 6.92 Å². The van der Waals surface area contributed by atoms with Crippen LogP contribution < -0.4 is 11.5 Å². The average molecular weight is 174 g/mol. The Balaban J connectivity index is 2.37. The Morgan fingerprint density at radius 1 is 1.25 bits per heavy atom. The molecule has 0 aliphatic carbocycles. The summed E-state index contributed by atoms with van der Waals surface area (Å²) in [7, 11) is 0. The van der Waals surface area contributed by atoms with E-state index in [1.165, 1.54) is 0 Å². The van der Waals surface area contributed by atoms with Crippen LogP contribution in [0.25, 0.3) is 0 Å². The van der Waals surface area contributed by atoms with Crippen molar-refractivity contribution in [3.63, 3.8) is 0 Å². The molecule has 0 aromatic carbocycles. The minimum Gasteiger partial charge on any atom is -0.386 e. The fourth-order valence-electron chi connectivity index (χ4n) is 1.84. The van der Waals surface area contributed by atoms with Crippen LogP contribution in [-0.4, -0.2) is 35.9 Å². The molecule has 0 spiro atoms. The molecular weight excluding hydrogens is 160 g/mol. The lowest BCUT2D eigenvalue weighted by Gasteiger charge is -2.33. The van der Waals surface area contributed by atoms with Gasteiger partial charge in [0, 0.05) is 5.92 Å². The highest BCUT2D eigenvalue weighted by molar-refractivity contribution is 5.10. The molecule has 2 heterocycles. The van der Waals surface area contributed by atoms with Crippen LogP contribution in [-0.2, 0) is 9.47 Å². The lowest BCUT2D eigenvalue weighted by atomic mass is 9.91. The molecule has 0 aromatic heterocycles. The van der Waals surface area contributed by atoms with E-state index in [9.17, 15) is 5.11 Å². The van der Waals surface area contributed by atoms with Crippen LogP contribution in [0.4, 0.5) is 0 Å². The van der Waals surface area contributed by atoms with Crippen molar-refractivity contribution in [3.8, 4) is 0 Å². The number of hydrogen-bond donors (Lipinski definition) is 3. The molecule has 0 bridgehead atoms. The van der Waals surface area contributed by atoms with E-state index in [1.54, 1.807) is 0 Å². The molecule has 2 aliphatic heterocycles. The molecule has 0 aromatic rings. The second kappa shape index (κ2) is 2.18. The number of aliphatic hydroxyl groups excluding tert-OH is 1. The summed E-state index contributed by atoms with van der Waals surface area (Å²) in [5.41, 5.74) is 9.47. The molecular formula is C7H14N2O3. The van der Waals surface area contributed by atoms with Gasteiger partial charge in [-0.1, -0.05) is 6.92 Å². The summed E-state index contributed by atoms with van der Waals surface area (Å²) in [4.78, 5) is 0. The Kier molecular flexibility index (Phi) is 1.53. The van der Waals surface area contributed by atoms with Gasteiger partial charge >= 0.3 is 0 Å². The molecule has 2 unspecified atom stereocenters. The van der Waals surface area contributed by atoms with Crippen molar-refractivity contribution >= 4 is 0 Å². The fraction of sp³-hybridized carbons (Fsp3) is 1.00. The molecule has 2 saturated heterocycles. The van der Waals surface area contributed by atoms with Crippen LogP contribution in [0.3, 0.4) is 0 Å². The molecule has 5 heteroatoms. The number of hydrogen-bond acceptors (Lipinski definition) is 5. The second-order valence-corrected chi connectivity index (χ2v) is 3.63. The van der Waals surface area contributed by atoms with Gasteiger partial charge in [0.25, 0.3) is 0 Å². The van der Waals surface area contributed by atoms with Gasteiger partial charge in [-0.15, -0.1) is 0 Å². The first-order valence-corrected chi connectivity index (χ1v) is 4.04. The molecule has 70 valence electrons. The molecule has 0 amide bonds. The normalized spacial score (nSPS) is 59.0. The molecule has 5 N–H and O–H groups in total. The maximum Gasteiger partial charge on any atom is 0.187 e. The summed E-state index contributed by atoms with van der Waals surface area (Å²) < 4.78 is 10.5. The third kappa shape index (κ3) is 0.705. The van der Waals surface area contributed by atoms with Crippen molar-refractivity contribution in [1.29, 1.82) is 0 Å². The van der Waals surface area contributed by atoms with Crippen molar-refractivity contribution in [1.82, 2.24) is 0 Å². The fourth-order valence-corrected chi connectivity index (χ4v) is 1.84. The third-order valence-corrected chi connectivity index (χ3v) is 2.89. The van der Waals surface area contributed by atoms with Gasteiger partial charge in [-0.25, -0.2) is 0 Å². The topological polar surface area (TPSA) is 90.7 Å². The zero-order valence-corrected chi connectivity index (χ0v) is 6.99. The minimum absolute atomic E-state index is 0.0136. The monoisotopic (exact) mass is 174 g/mol. The number of rotatable bonds is 0. The number of aliphatic hydroxyl groups is 1. The summed E-state index contributed by atoms with van der Waals surface area (Å²) in [5, 5.41) is 9.49. The van der Waals surface area contributed by atoms with Gasteiger partial charge in [0.15, 0.2) is 11.4 Å². The summed E-state index contributed by atoms with van der Waals surface area (Å²) in [6.07, 6.45) is -0.826. The number of fused-ring (bicyclic) bond motifs is 1. The maximum absolute atomic E-state index is 9.49. The summed E-state index contributed by atoms with van der Waals surface area (Å²) in [6, 6.07) is 0. The lowest BCUT2D eigenvalue weighted by Crippen LogP contribution is -2.66. The summed E-state index contributed by atoms with van der Waals surface area (Å²) >= 11 is 0. The summed E-state index contributed by atoms with van der Waals surface area (Å²) in [5.74, 6) is 0.0136. The first kappa shape index (κ1) is 8.40. The highest BCUT2D eigenvalue weighted by Crippen LogP contribution is 2.42. The standard InChI is InChI=1S/C7H14N2O3/c1-4-2-11-7(9)5(10)3-12-6(4,7)8/h4-5,10H,2-3,8-9H2,1H3/t4?,5?,6-,7-/m1/s1. The van der Waals surface area contributed by atoms with E-state index in [-0.39, 0.29) is 12.5 Å². The molecule has 2 fully saturated rings. The molecule has 12 heavy (non-hydrogen) atoms. The average Bonchev–Trinajstić information content (AvgIpc) is 2.39. The van der Waals surface area contributed by atoms with Gasteiger partial charge < -0.3 is 14.6 Å². The first-order valence-electron chi connectivity index (χ1n) is 4.04. The van der Waals surface area contributed by atoms with Crippen LogP contribution in [0, 0.1) is 5.92 Å². The van der Waals surface area contributed by atoms with Crippen molar-refractivity contribution in [2.24, 2.45) is 17.4 Å². The Hall–Kier alpha value is -0.200. The zero-order valence-electron chi connectivity index (χ0n) is 6.99. The van der Waals surface area contributed by atoms with Gasteiger partial charge in [0.2, 0.25) is 0 Å². The molecule has 0 radical (unpaired) electrons. The van der Waals surface area contributed by atoms with Crippen molar-refractivity contribution < 1.29 is 14.6 Å². The quantitative estimate of drug-likeness (QED) is 0.409. The highest BCUT2D eigenvalue weighted by atomic mass is 16.6. The predicted molar refractivity (Wildman–Crippen MR) is 40.9 cm³/mol. The van der Waals surface area contributed by atoms with E-state index >= 15 is 0 Å². The van der Waals surface area contributed by atoms with E-state index in [4.69, 9.17) is 20.9 Å².